The number of likely N-dealkylation sites (tertiary alicyclic amines) is 1. The van der Waals surface area contributed by atoms with Crippen LogP contribution in [-0.4, -0.2) is 33.4 Å². The van der Waals surface area contributed by atoms with Crippen LogP contribution in [0.2, 0.25) is 0 Å². The van der Waals surface area contributed by atoms with Gasteiger partial charge in [-0.3, -0.25) is 4.79 Å². The van der Waals surface area contributed by atoms with Crippen molar-refractivity contribution >= 4 is 21.8 Å². The summed E-state index contributed by atoms with van der Waals surface area (Å²) in [5.74, 6) is 1.14. The molecule has 154 valence electrons. The van der Waals surface area contributed by atoms with Gasteiger partial charge in [-0.15, -0.1) is 0 Å². The number of fused-ring (bicyclic) bond motifs is 3. The number of imidazole rings is 1. The van der Waals surface area contributed by atoms with Crippen molar-refractivity contribution in [2.75, 3.05) is 13.1 Å². The number of carbonyl (C=O) groups is 1. The predicted molar refractivity (Wildman–Crippen MR) is 122 cm³/mol. The van der Waals surface area contributed by atoms with Crippen molar-refractivity contribution in [1.82, 2.24) is 14.5 Å². The summed E-state index contributed by atoms with van der Waals surface area (Å²) in [6.45, 7) is 6.26. The summed E-state index contributed by atoms with van der Waals surface area (Å²) in [5, 5.41) is 0. The van der Waals surface area contributed by atoms with Gasteiger partial charge >= 0.3 is 0 Å². The summed E-state index contributed by atoms with van der Waals surface area (Å²) in [5.41, 5.74) is 3.12. The fourth-order valence-electron chi connectivity index (χ4n) is 4.97. The molecule has 5 heteroatoms. The van der Waals surface area contributed by atoms with Gasteiger partial charge in [-0.1, -0.05) is 66.2 Å². The highest BCUT2D eigenvalue weighted by Gasteiger charge is 2.47. The smallest absolute Gasteiger partial charge is 0.225 e. The van der Waals surface area contributed by atoms with Crippen LogP contribution >= 0.6 is 15.9 Å². The Labute approximate surface area is 186 Å². The van der Waals surface area contributed by atoms with E-state index in [0.29, 0.717) is 11.8 Å². The second-order valence-electron chi connectivity index (χ2n) is 9.26. The first-order valence-corrected chi connectivity index (χ1v) is 11.4. The summed E-state index contributed by atoms with van der Waals surface area (Å²) in [4.78, 5) is 20.3. The van der Waals surface area contributed by atoms with Gasteiger partial charge < -0.3 is 9.47 Å². The van der Waals surface area contributed by atoms with Crippen LogP contribution in [0.4, 0.5) is 0 Å². The predicted octanol–water partition coefficient (Wildman–Crippen LogP) is 5.46. The minimum Gasteiger partial charge on any atom is -0.343 e. The Hall–Kier alpha value is -2.40. The minimum atomic E-state index is -0.576. The average Bonchev–Trinajstić information content (AvgIpc) is 3.31. The van der Waals surface area contributed by atoms with Crippen LogP contribution in [0.15, 0.2) is 65.4 Å². The maximum atomic E-state index is 13.6. The van der Waals surface area contributed by atoms with Crippen LogP contribution < -0.4 is 0 Å². The molecule has 1 amide bonds. The van der Waals surface area contributed by atoms with Crippen molar-refractivity contribution in [3.8, 4) is 11.4 Å². The van der Waals surface area contributed by atoms with E-state index >= 15 is 0 Å². The van der Waals surface area contributed by atoms with Crippen molar-refractivity contribution in [1.29, 1.82) is 0 Å². The Morgan fingerprint density at radius 1 is 1.07 bits per heavy atom. The minimum absolute atomic E-state index is 0.213. The van der Waals surface area contributed by atoms with Crippen molar-refractivity contribution < 1.29 is 4.79 Å². The fourth-order valence-corrected chi connectivity index (χ4v) is 5.24. The lowest BCUT2D eigenvalue weighted by Crippen LogP contribution is -2.45. The van der Waals surface area contributed by atoms with E-state index in [0.717, 1.165) is 52.9 Å². The lowest BCUT2D eigenvalue weighted by Gasteiger charge is -2.40. The quantitative estimate of drug-likeness (QED) is 0.517. The molecule has 3 heterocycles. The number of amides is 1. The third-order valence-electron chi connectivity index (χ3n) is 6.86. The SMILES string of the molecule is CC1(C)CCN(C(=O)CC2(c3ccc(Br)cc3)c3ccccc3-c3nccn32)CC1. The summed E-state index contributed by atoms with van der Waals surface area (Å²) in [6, 6.07) is 16.7. The van der Waals surface area contributed by atoms with Crippen LogP contribution in [-0.2, 0) is 10.3 Å². The molecular weight excluding hydrogens is 438 g/mol. The average molecular weight is 464 g/mol. The number of carbonyl (C=O) groups excluding carboxylic acids is 1. The third kappa shape index (κ3) is 3.02. The zero-order chi connectivity index (χ0) is 20.9. The Bertz CT molecular complexity index is 1090. The van der Waals surface area contributed by atoms with Gasteiger partial charge in [-0.05, 0) is 41.5 Å². The molecule has 0 radical (unpaired) electrons. The van der Waals surface area contributed by atoms with Crippen LogP contribution in [0.3, 0.4) is 0 Å². The molecule has 0 saturated carbocycles. The van der Waals surface area contributed by atoms with Gasteiger partial charge in [0.1, 0.15) is 11.4 Å². The highest BCUT2D eigenvalue weighted by Crippen LogP contribution is 2.49. The molecular formula is C25H26BrN3O. The summed E-state index contributed by atoms with van der Waals surface area (Å²) in [6.07, 6.45) is 6.36. The van der Waals surface area contributed by atoms with E-state index in [1.54, 1.807) is 0 Å². The lowest BCUT2D eigenvalue weighted by molar-refractivity contribution is -0.134. The Kier molecular flexibility index (Phi) is 4.62. The molecule has 2 aliphatic heterocycles. The summed E-state index contributed by atoms with van der Waals surface area (Å²) in [7, 11) is 0. The topological polar surface area (TPSA) is 38.1 Å². The molecule has 2 aromatic carbocycles. The Morgan fingerprint density at radius 3 is 2.50 bits per heavy atom. The molecule has 1 aromatic heterocycles. The van der Waals surface area contributed by atoms with E-state index < -0.39 is 5.54 Å². The number of rotatable bonds is 3. The van der Waals surface area contributed by atoms with E-state index in [2.05, 4.69) is 86.7 Å². The molecule has 1 fully saturated rings. The number of nitrogens with zero attached hydrogens (tertiary/aromatic N) is 3. The third-order valence-corrected chi connectivity index (χ3v) is 7.39. The number of hydrogen-bond acceptors (Lipinski definition) is 2. The van der Waals surface area contributed by atoms with Crippen LogP contribution in [0, 0.1) is 5.41 Å². The molecule has 0 N–H and O–H groups in total. The first-order chi connectivity index (χ1) is 14.4. The molecule has 4 nitrogen and oxygen atoms in total. The second kappa shape index (κ2) is 7.09. The first kappa shape index (κ1) is 19.6. The first-order valence-electron chi connectivity index (χ1n) is 10.6. The van der Waals surface area contributed by atoms with Crippen LogP contribution in [0.25, 0.3) is 11.4 Å². The number of halogens is 1. The van der Waals surface area contributed by atoms with E-state index in [4.69, 9.17) is 0 Å². The molecule has 0 bridgehead atoms. The van der Waals surface area contributed by atoms with Crippen LogP contribution in [0.1, 0.15) is 44.2 Å². The van der Waals surface area contributed by atoms with E-state index in [9.17, 15) is 4.79 Å². The largest absolute Gasteiger partial charge is 0.343 e. The molecule has 2 aliphatic rings. The Balaban J connectivity index is 1.61. The monoisotopic (exact) mass is 463 g/mol. The number of hydrogen-bond donors (Lipinski definition) is 0. The van der Waals surface area contributed by atoms with Crippen molar-refractivity contribution in [2.24, 2.45) is 5.41 Å². The zero-order valence-corrected chi connectivity index (χ0v) is 19.0. The number of piperidine rings is 1. The lowest BCUT2D eigenvalue weighted by atomic mass is 9.79. The summed E-state index contributed by atoms with van der Waals surface area (Å²) >= 11 is 3.56. The van der Waals surface area contributed by atoms with E-state index in [-0.39, 0.29) is 5.91 Å². The van der Waals surface area contributed by atoms with Gasteiger partial charge in [0.25, 0.3) is 0 Å². The molecule has 5 rings (SSSR count). The van der Waals surface area contributed by atoms with E-state index in [1.165, 1.54) is 0 Å². The molecule has 1 saturated heterocycles. The zero-order valence-electron chi connectivity index (χ0n) is 17.4. The van der Waals surface area contributed by atoms with Crippen molar-refractivity contribution in [3.05, 3.63) is 76.5 Å². The van der Waals surface area contributed by atoms with Gasteiger partial charge in [0.2, 0.25) is 5.91 Å². The highest BCUT2D eigenvalue weighted by atomic mass is 79.9. The van der Waals surface area contributed by atoms with Gasteiger partial charge in [-0.2, -0.15) is 0 Å². The highest BCUT2D eigenvalue weighted by molar-refractivity contribution is 9.10. The fraction of sp³-hybridized carbons (Fsp3) is 0.360. The maximum Gasteiger partial charge on any atom is 0.225 e. The van der Waals surface area contributed by atoms with Gasteiger partial charge in [0.05, 0.1) is 6.42 Å². The van der Waals surface area contributed by atoms with Gasteiger partial charge in [-0.25, -0.2) is 4.98 Å². The van der Waals surface area contributed by atoms with Crippen LogP contribution in [0.5, 0.6) is 0 Å². The summed E-state index contributed by atoms with van der Waals surface area (Å²) < 4.78 is 3.23. The molecule has 30 heavy (non-hydrogen) atoms. The van der Waals surface area contributed by atoms with Crippen molar-refractivity contribution in [3.63, 3.8) is 0 Å². The van der Waals surface area contributed by atoms with Gasteiger partial charge in [0.15, 0.2) is 0 Å². The van der Waals surface area contributed by atoms with Gasteiger partial charge in [0, 0.05) is 35.5 Å². The van der Waals surface area contributed by atoms with Crippen molar-refractivity contribution in [2.45, 2.75) is 38.6 Å². The number of aromatic nitrogens is 2. The molecule has 0 spiro atoms. The Morgan fingerprint density at radius 2 is 1.77 bits per heavy atom. The van der Waals surface area contributed by atoms with E-state index in [1.807, 2.05) is 18.5 Å². The maximum absolute atomic E-state index is 13.6. The number of benzene rings is 2. The molecule has 1 unspecified atom stereocenters. The molecule has 1 atom stereocenters. The molecule has 3 aromatic rings. The molecule has 0 aliphatic carbocycles. The second-order valence-corrected chi connectivity index (χ2v) is 10.2. The standard InChI is InChI=1S/C25H26BrN3O/c1-24(2)11-14-28(15-12-24)22(30)17-25(18-7-9-19(26)10-8-18)21-6-4-3-5-20(21)23-27-13-16-29(23)25/h3-10,13,16H,11-12,14-15,17H2,1-2H3. The normalized spacial score (nSPS) is 21.9.